The minimum Gasteiger partial charge on any atom is -0.307 e. The number of benzene rings is 11. The van der Waals surface area contributed by atoms with E-state index in [0.717, 1.165) is 71.5 Å². The molecule has 72 heavy (non-hydrogen) atoms. The SMILES string of the molecule is O=c1c2ccccc2c2cc(-c3ccc4c(c3)c3ccc5c6ccccc6n(-c6ccccc6)c5c3n4-c3ccccc3)cc3c4ccc5c(c4n1c23)-c1ccccc1C51c2ccccc2-c2ccccc21. The molecule has 17 rings (SSSR count). The first-order chi connectivity index (χ1) is 35.7. The molecule has 0 radical (unpaired) electrons. The average molecular weight is 914 g/mol. The molecule has 1 spiro atoms. The fraction of sp³-hybridized carbons (Fsp3) is 0.0147. The second-order valence-corrected chi connectivity index (χ2v) is 19.8. The van der Waals surface area contributed by atoms with Gasteiger partial charge in [-0.25, -0.2) is 0 Å². The van der Waals surface area contributed by atoms with E-state index in [1.165, 1.54) is 77.0 Å². The maximum Gasteiger partial charge on any atom is 0.263 e. The van der Waals surface area contributed by atoms with Crippen LogP contribution in [-0.2, 0) is 5.41 Å². The number of pyridine rings is 1. The third-order valence-corrected chi connectivity index (χ3v) is 16.6. The number of hydrogen-bond acceptors (Lipinski definition) is 1. The van der Waals surface area contributed by atoms with Gasteiger partial charge in [0, 0.05) is 60.0 Å². The first-order valence-electron chi connectivity index (χ1n) is 24.9. The minimum atomic E-state index is -0.525. The molecule has 4 nitrogen and oxygen atoms in total. The van der Waals surface area contributed by atoms with Crippen molar-refractivity contribution in [1.29, 1.82) is 0 Å². The van der Waals surface area contributed by atoms with E-state index < -0.39 is 5.41 Å². The number of rotatable bonds is 3. The van der Waals surface area contributed by atoms with Gasteiger partial charge < -0.3 is 9.13 Å². The molecule has 2 aliphatic rings. The van der Waals surface area contributed by atoms with Crippen molar-refractivity contribution in [1.82, 2.24) is 13.5 Å². The summed E-state index contributed by atoms with van der Waals surface area (Å²) in [6, 6.07) is 86.3. The normalized spacial score (nSPS) is 13.4. The lowest BCUT2D eigenvalue weighted by molar-refractivity contribution is 0.794. The van der Waals surface area contributed by atoms with Crippen molar-refractivity contribution >= 4 is 81.6 Å². The predicted molar refractivity (Wildman–Crippen MR) is 298 cm³/mol. The Balaban J connectivity index is 0.979. The van der Waals surface area contributed by atoms with Crippen LogP contribution in [0.1, 0.15) is 22.3 Å². The van der Waals surface area contributed by atoms with Crippen molar-refractivity contribution in [3.63, 3.8) is 0 Å². The van der Waals surface area contributed by atoms with Crippen LogP contribution in [0.2, 0.25) is 0 Å². The van der Waals surface area contributed by atoms with E-state index in [2.05, 4.69) is 238 Å². The quantitative estimate of drug-likeness (QED) is 0.163. The van der Waals surface area contributed by atoms with Crippen LogP contribution in [0.4, 0.5) is 0 Å². The van der Waals surface area contributed by atoms with Crippen LogP contribution in [0.15, 0.2) is 241 Å². The zero-order valence-corrected chi connectivity index (χ0v) is 38.8. The van der Waals surface area contributed by atoms with Crippen molar-refractivity contribution < 1.29 is 0 Å². The van der Waals surface area contributed by atoms with Gasteiger partial charge >= 0.3 is 0 Å². The summed E-state index contributed by atoms with van der Waals surface area (Å²) in [5.41, 5.74) is 20.5. The Kier molecular flexibility index (Phi) is 7.26. The van der Waals surface area contributed by atoms with Gasteiger partial charge in [0.2, 0.25) is 0 Å². The van der Waals surface area contributed by atoms with Gasteiger partial charge in [-0.05, 0) is 116 Å². The highest BCUT2D eigenvalue weighted by Crippen LogP contribution is 2.64. The Morgan fingerprint density at radius 1 is 0.292 bits per heavy atom. The number of para-hydroxylation sites is 3. The minimum absolute atomic E-state index is 0.0132. The lowest BCUT2D eigenvalue weighted by Gasteiger charge is -2.30. The molecule has 2 aliphatic carbocycles. The van der Waals surface area contributed by atoms with Crippen molar-refractivity contribution in [3.05, 3.63) is 269 Å². The Hall–Kier alpha value is -9.51. The maximum absolute atomic E-state index is 15.4. The van der Waals surface area contributed by atoms with E-state index in [1.807, 2.05) is 12.1 Å². The number of hydrogen-bond donors (Lipinski definition) is 0. The lowest BCUT2D eigenvalue weighted by Crippen LogP contribution is -2.25. The molecule has 0 saturated carbocycles. The van der Waals surface area contributed by atoms with Gasteiger partial charge in [0.05, 0.1) is 38.5 Å². The summed E-state index contributed by atoms with van der Waals surface area (Å²) >= 11 is 0. The van der Waals surface area contributed by atoms with Crippen molar-refractivity contribution in [2.45, 2.75) is 5.41 Å². The highest BCUT2D eigenvalue weighted by atomic mass is 16.1. The van der Waals surface area contributed by atoms with Crippen LogP contribution >= 0.6 is 0 Å². The zero-order chi connectivity index (χ0) is 47.0. The van der Waals surface area contributed by atoms with E-state index in [9.17, 15) is 0 Å². The topological polar surface area (TPSA) is 31.3 Å². The summed E-state index contributed by atoms with van der Waals surface area (Å²) < 4.78 is 6.98. The molecule has 0 atom stereocenters. The van der Waals surface area contributed by atoms with Crippen molar-refractivity contribution in [2.75, 3.05) is 0 Å². The standard InChI is InChI=1S/C68H39N3O/c72-67-51-25-8-7-21-44(51)54-38-41(39-55-50-34-35-59-62(64(50)71(67)63(54)55)52-26-11-15-29-58(52)68(59)56-27-13-9-22-45(56)46-23-10-14-28-57(46)68)40-31-36-61-53(37-40)49-33-32-48-47-24-12-16-30-60(47)69(42-17-3-1-4-18-42)65(48)66(49)70(61)43-19-5-2-6-20-43/h1-39H. The molecule has 0 amide bonds. The van der Waals surface area contributed by atoms with Crippen LogP contribution in [0.5, 0.6) is 0 Å². The first-order valence-corrected chi connectivity index (χ1v) is 24.9. The van der Waals surface area contributed by atoms with Crippen LogP contribution in [0, 0.1) is 0 Å². The van der Waals surface area contributed by atoms with E-state index in [4.69, 9.17) is 0 Å². The molecule has 0 bridgehead atoms. The zero-order valence-electron chi connectivity index (χ0n) is 38.8. The molecule has 0 fully saturated rings. The highest BCUT2D eigenvalue weighted by molar-refractivity contribution is 6.26. The summed E-state index contributed by atoms with van der Waals surface area (Å²) in [6.45, 7) is 0. The largest absolute Gasteiger partial charge is 0.307 e. The molecule has 332 valence electrons. The molecule has 0 aliphatic heterocycles. The molecular formula is C68H39N3O. The molecule has 0 unspecified atom stereocenters. The molecule has 0 N–H and O–H groups in total. The Morgan fingerprint density at radius 3 is 1.43 bits per heavy atom. The van der Waals surface area contributed by atoms with E-state index >= 15 is 4.79 Å². The Bertz CT molecular complexity index is 4890. The van der Waals surface area contributed by atoms with E-state index in [1.54, 1.807) is 0 Å². The van der Waals surface area contributed by atoms with Gasteiger partial charge in [0.1, 0.15) is 0 Å². The molecule has 15 aromatic rings. The van der Waals surface area contributed by atoms with E-state index in [0.29, 0.717) is 0 Å². The first kappa shape index (κ1) is 38.4. The van der Waals surface area contributed by atoms with Gasteiger partial charge in [-0.1, -0.05) is 176 Å². The average Bonchev–Trinajstić information content (AvgIpc) is 4.22. The summed E-state index contributed by atoms with van der Waals surface area (Å²) in [5.74, 6) is 0. The fourth-order valence-electron chi connectivity index (χ4n) is 13.8. The summed E-state index contributed by atoms with van der Waals surface area (Å²) in [7, 11) is 0. The third kappa shape index (κ3) is 4.57. The monoisotopic (exact) mass is 913 g/mol. The third-order valence-electron chi connectivity index (χ3n) is 16.6. The summed E-state index contributed by atoms with van der Waals surface area (Å²) in [4.78, 5) is 15.4. The molecule has 4 heteroatoms. The van der Waals surface area contributed by atoms with Crippen LogP contribution < -0.4 is 5.56 Å². The highest BCUT2D eigenvalue weighted by Gasteiger charge is 2.52. The summed E-state index contributed by atoms with van der Waals surface area (Å²) in [6.07, 6.45) is 0. The molecule has 4 aromatic heterocycles. The lowest BCUT2D eigenvalue weighted by atomic mass is 9.70. The second kappa shape index (κ2) is 13.6. The molecule has 11 aromatic carbocycles. The molecule has 4 heterocycles. The Labute approximate surface area is 412 Å². The van der Waals surface area contributed by atoms with Crippen LogP contribution in [0.3, 0.4) is 0 Å². The fourth-order valence-corrected chi connectivity index (χ4v) is 13.8. The van der Waals surface area contributed by atoms with Crippen molar-refractivity contribution in [3.8, 4) is 44.8 Å². The van der Waals surface area contributed by atoms with Gasteiger partial charge in [-0.15, -0.1) is 0 Å². The van der Waals surface area contributed by atoms with E-state index in [-0.39, 0.29) is 5.56 Å². The second-order valence-electron chi connectivity index (χ2n) is 19.8. The van der Waals surface area contributed by atoms with Crippen molar-refractivity contribution in [2.24, 2.45) is 0 Å². The molecular weight excluding hydrogens is 875 g/mol. The number of aromatic nitrogens is 3. The van der Waals surface area contributed by atoms with Gasteiger partial charge in [0.15, 0.2) is 0 Å². The predicted octanol–water partition coefficient (Wildman–Crippen LogP) is 16.4. The Morgan fingerprint density at radius 2 is 0.764 bits per heavy atom. The van der Waals surface area contributed by atoms with Gasteiger partial charge in [-0.2, -0.15) is 0 Å². The van der Waals surface area contributed by atoms with Crippen LogP contribution in [-0.4, -0.2) is 13.5 Å². The smallest absolute Gasteiger partial charge is 0.263 e. The van der Waals surface area contributed by atoms with Crippen LogP contribution in [0.25, 0.3) is 126 Å². The van der Waals surface area contributed by atoms with Gasteiger partial charge in [-0.3, -0.25) is 9.20 Å². The number of nitrogens with zero attached hydrogens (tertiary/aromatic N) is 3. The van der Waals surface area contributed by atoms with Gasteiger partial charge in [0.25, 0.3) is 5.56 Å². The molecule has 0 saturated heterocycles. The summed E-state index contributed by atoms with van der Waals surface area (Å²) in [5, 5.41) is 9.74. The number of fused-ring (bicyclic) bond motifs is 23. The maximum atomic E-state index is 15.4.